The Morgan fingerprint density at radius 3 is 2.58 bits per heavy atom. The van der Waals surface area contributed by atoms with Crippen LogP contribution in [0.1, 0.15) is 21.5 Å². The van der Waals surface area contributed by atoms with E-state index in [2.05, 4.69) is 52.8 Å². The van der Waals surface area contributed by atoms with Gasteiger partial charge in [0.05, 0.1) is 11.0 Å². The van der Waals surface area contributed by atoms with Gasteiger partial charge in [-0.1, -0.05) is 36.4 Å². The smallest absolute Gasteiger partial charge is 0.0897 e. The van der Waals surface area contributed by atoms with Gasteiger partial charge in [-0.05, 0) is 36.4 Å². The van der Waals surface area contributed by atoms with Crippen LogP contribution < -0.4 is 5.32 Å². The van der Waals surface area contributed by atoms with Gasteiger partial charge in [-0.3, -0.25) is 0 Å². The minimum atomic E-state index is 0.218. The highest BCUT2D eigenvalue weighted by Crippen LogP contribution is 2.28. The summed E-state index contributed by atoms with van der Waals surface area (Å²) in [5.74, 6) is 0. The third-order valence-electron chi connectivity index (χ3n) is 3.32. The van der Waals surface area contributed by atoms with Crippen molar-refractivity contribution in [1.29, 1.82) is 0 Å². The molecule has 2 aromatic carbocycles. The van der Waals surface area contributed by atoms with Gasteiger partial charge in [0, 0.05) is 11.1 Å². The van der Waals surface area contributed by atoms with Crippen LogP contribution in [-0.4, -0.2) is 12.0 Å². The lowest BCUT2D eigenvalue weighted by molar-refractivity contribution is 0.703. The number of nitrogens with zero attached hydrogens (tertiary/aromatic N) is 1. The van der Waals surface area contributed by atoms with Crippen LogP contribution in [0.25, 0.3) is 10.8 Å². The number of aromatic nitrogens is 1. The average Bonchev–Trinajstić information content (AvgIpc) is 2.86. The van der Waals surface area contributed by atoms with Crippen LogP contribution in [0.4, 0.5) is 0 Å². The zero-order chi connectivity index (χ0) is 13.2. The molecule has 3 rings (SSSR count). The predicted octanol–water partition coefficient (Wildman–Crippen LogP) is 3.91. The van der Waals surface area contributed by atoms with Crippen molar-refractivity contribution in [3.8, 4) is 0 Å². The van der Waals surface area contributed by atoms with Gasteiger partial charge in [0.1, 0.15) is 0 Å². The molecule has 96 valence electrons. The number of rotatable bonds is 3. The Morgan fingerprint density at radius 1 is 1.11 bits per heavy atom. The van der Waals surface area contributed by atoms with Crippen molar-refractivity contribution in [1.82, 2.24) is 10.3 Å². The Morgan fingerprint density at radius 2 is 1.89 bits per heavy atom. The largest absolute Gasteiger partial charge is 0.309 e. The molecule has 0 aliphatic rings. The summed E-state index contributed by atoms with van der Waals surface area (Å²) in [7, 11) is 1.99. The molecule has 1 N–H and O–H groups in total. The Bertz CT molecular complexity index is 703. The molecule has 0 amide bonds. The molecule has 0 spiro atoms. The summed E-state index contributed by atoms with van der Waals surface area (Å²) >= 11 is 1.75. The summed E-state index contributed by atoms with van der Waals surface area (Å²) in [6, 6.07) is 15.3. The highest BCUT2D eigenvalue weighted by molar-refractivity contribution is 7.11. The summed E-state index contributed by atoms with van der Waals surface area (Å²) < 4.78 is 0. The fourth-order valence-corrected chi connectivity index (χ4v) is 3.30. The Labute approximate surface area is 117 Å². The van der Waals surface area contributed by atoms with E-state index in [1.54, 1.807) is 11.3 Å². The van der Waals surface area contributed by atoms with Crippen molar-refractivity contribution in [3.05, 3.63) is 64.1 Å². The fraction of sp³-hybridized carbons (Fsp3) is 0.188. The standard InChI is InChI=1S/C16H16N2S/c1-11-18-10-15(19-11)16(17-2)14-8-7-12-5-3-4-6-13(12)9-14/h3-10,16-17H,1-2H3. The van der Waals surface area contributed by atoms with Crippen molar-refractivity contribution in [2.24, 2.45) is 0 Å². The van der Waals surface area contributed by atoms with Crippen LogP contribution >= 0.6 is 11.3 Å². The predicted molar refractivity (Wildman–Crippen MR) is 81.7 cm³/mol. The summed E-state index contributed by atoms with van der Waals surface area (Å²) in [5, 5.41) is 7.05. The maximum Gasteiger partial charge on any atom is 0.0897 e. The van der Waals surface area contributed by atoms with Crippen molar-refractivity contribution in [3.63, 3.8) is 0 Å². The SMILES string of the molecule is CNC(c1ccc2ccccc2c1)c1cnc(C)s1. The van der Waals surface area contributed by atoms with E-state index in [1.807, 2.05) is 20.2 Å². The molecule has 0 aliphatic carbocycles. The zero-order valence-corrected chi connectivity index (χ0v) is 11.9. The Hall–Kier alpha value is -1.71. The van der Waals surface area contributed by atoms with Gasteiger partial charge >= 0.3 is 0 Å². The second-order valence-corrected chi connectivity index (χ2v) is 5.88. The number of hydrogen-bond acceptors (Lipinski definition) is 3. The molecule has 1 atom stereocenters. The molecule has 0 fully saturated rings. The van der Waals surface area contributed by atoms with Gasteiger partial charge in [-0.25, -0.2) is 4.98 Å². The molecular weight excluding hydrogens is 252 g/mol. The number of hydrogen-bond donors (Lipinski definition) is 1. The third kappa shape index (κ3) is 2.39. The molecule has 3 heteroatoms. The van der Waals surface area contributed by atoms with Gasteiger partial charge < -0.3 is 5.32 Å². The van der Waals surface area contributed by atoms with Gasteiger partial charge in [0.25, 0.3) is 0 Å². The second-order valence-electron chi connectivity index (χ2n) is 4.61. The molecular formula is C16H16N2S. The first-order valence-electron chi connectivity index (χ1n) is 6.36. The van der Waals surface area contributed by atoms with Gasteiger partial charge in [0.2, 0.25) is 0 Å². The molecule has 3 aromatic rings. The van der Waals surface area contributed by atoms with Crippen molar-refractivity contribution < 1.29 is 0 Å². The lowest BCUT2D eigenvalue weighted by atomic mass is 10.0. The third-order valence-corrected chi connectivity index (χ3v) is 4.30. The summed E-state index contributed by atoms with van der Waals surface area (Å²) in [4.78, 5) is 5.61. The Balaban J connectivity index is 2.06. The maximum atomic E-state index is 4.35. The molecule has 0 saturated heterocycles. The molecule has 0 aliphatic heterocycles. The van der Waals surface area contributed by atoms with E-state index in [0.29, 0.717) is 0 Å². The van der Waals surface area contributed by atoms with Crippen molar-refractivity contribution in [2.45, 2.75) is 13.0 Å². The first-order valence-corrected chi connectivity index (χ1v) is 7.18. The molecule has 0 radical (unpaired) electrons. The summed E-state index contributed by atoms with van der Waals surface area (Å²) in [6.07, 6.45) is 1.97. The number of aryl methyl sites for hydroxylation is 1. The molecule has 1 aromatic heterocycles. The first-order chi connectivity index (χ1) is 9.28. The van der Waals surface area contributed by atoms with Crippen LogP contribution in [0.2, 0.25) is 0 Å². The lowest BCUT2D eigenvalue weighted by Crippen LogP contribution is -2.16. The van der Waals surface area contributed by atoms with Crippen LogP contribution in [0, 0.1) is 6.92 Å². The first kappa shape index (κ1) is 12.3. The van der Waals surface area contributed by atoms with Crippen LogP contribution in [-0.2, 0) is 0 Å². The number of fused-ring (bicyclic) bond motifs is 1. The normalized spacial score (nSPS) is 12.7. The molecule has 1 heterocycles. The highest BCUT2D eigenvalue weighted by atomic mass is 32.1. The number of thiazole rings is 1. The zero-order valence-electron chi connectivity index (χ0n) is 11.1. The Kier molecular flexibility index (Phi) is 3.32. The van der Waals surface area contributed by atoms with Gasteiger partial charge in [-0.15, -0.1) is 11.3 Å². The average molecular weight is 268 g/mol. The minimum Gasteiger partial charge on any atom is -0.309 e. The lowest BCUT2D eigenvalue weighted by Gasteiger charge is -2.15. The molecule has 2 nitrogen and oxygen atoms in total. The van der Waals surface area contributed by atoms with E-state index in [1.165, 1.54) is 21.2 Å². The maximum absolute atomic E-state index is 4.35. The topological polar surface area (TPSA) is 24.9 Å². The fourth-order valence-electron chi connectivity index (χ4n) is 2.37. The van der Waals surface area contributed by atoms with Crippen LogP contribution in [0.5, 0.6) is 0 Å². The van der Waals surface area contributed by atoms with E-state index in [0.717, 1.165) is 5.01 Å². The summed E-state index contributed by atoms with van der Waals surface area (Å²) in [5.41, 5.74) is 1.28. The van der Waals surface area contributed by atoms with Crippen molar-refractivity contribution in [2.75, 3.05) is 7.05 Å². The summed E-state index contributed by atoms with van der Waals surface area (Å²) in [6.45, 7) is 2.04. The van der Waals surface area contributed by atoms with E-state index in [9.17, 15) is 0 Å². The minimum absolute atomic E-state index is 0.218. The molecule has 1 unspecified atom stereocenters. The number of nitrogens with one attached hydrogen (secondary N) is 1. The van der Waals surface area contributed by atoms with Crippen LogP contribution in [0.15, 0.2) is 48.7 Å². The van der Waals surface area contributed by atoms with Gasteiger partial charge in [0.15, 0.2) is 0 Å². The molecule has 0 bridgehead atoms. The quantitative estimate of drug-likeness (QED) is 0.779. The van der Waals surface area contributed by atoms with E-state index in [4.69, 9.17) is 0 Å². The molecule has 0 saturated carbocycles. The monoisotopic (exact) mass is 268 g/mol. The molecule has 19 heavy (non-hydrogen) atoms. The van der Waals surface area contributed by atoms with Crippen LogP contribution in [0.3, 0.4) is 0 Å². The van der Waals surface area contributed by atoms with E-state index < -0.39 is 0 Å². The second kappa shape index (κ2) is 5.11. The number of benzene rings is 2. The van der Waals surface area contributed by atoms with E-state index in [-0.39, 0.29) is 6.04 Å². The highest BCUT2D eigenvalue weighted by Gasteiger charge is 2.14. The van der Waals surface area contributed by atoms with E-state index >= 15 is 0 Å². The van der Waals surface area contributed by atoms with Crippen molar-refractivity contribution >= 4 is 22.1 Å². The van der Waals surface area contributed by atoms with Gasteiger partial charge in [-0.2, -0.15) is 0 Å².